The number of thiol groups is 1. The third-order valence-electron chi connectivity index (χ3n) is 10.9. The summed E-state index contributed by atoms with van der Waals surface area (Å²) in [5, 5.41) is 11.5. The summed E-state index contributed by atoms with van der Waals surface area (Å²) in [6.07, 6.45) is 15.9. The molecule has 0 fully saturated rings. The number of amides is 1. The van der Waals surface area contributed by atoms with Crippen LogP contribution in [0.4, 0.5) is 0 Å². The summed E-state index contributed by atoms with van der Waals surface area (Å²) in [6.45, 7) is 0. The van der Waals surface area contributed by atoms with E-state index in [2.05, 4.69) is 170 Å². The molecule has 0 saturated carbocycles. The predicted molar refractivity (Wildman–Crippen MR) is 238 cm³/mol. The van der Waals surface area contributed by atoms with Crippen molar-refractivity contribution in [1.82, 2.24) is 5.32 Å². The minimum atomic E-state index is -0.837. The quantitative estimate of drug-likeness (QED) is 0.0741. The molecule has 0 aromatic heterocycles. The second kappa shape index (κ2) is 17.5. The van der Waals surface area contributed by atoms with E-state index in [1.165, 1.54) is 59.9 Å². The lowest BCUT2D eigenvalue weighted by atomic mass is 9.77. The van der Waals surface area contributed by atoms with E-state index < -0.39 is 15.8 Å². The molecule has 1 amide bonds. The van der Waals surface area contributed by atoms with Crippen molar-refractivity contribution in [2.45, 2.75) is 57.8 Å². The monoisotopic (exact) mass is 759 g/mol. The molecule has 5 aromatic rings. The van der Waals surface area contributed by atoms with Gasteiger partial charge in [-0.15, -0.1) is 0 Å². The number of fused-ring (bicyclic) bond motifs is 1. The average Bonchev–Trinajstić information content (AvgIpc) is 3.23. The molecule has 0 bridgehead atoms. The van der Waals surface area contributed by atoms with E-state index in [4.69, 9.17) is 0 Å². The van der Waals surface area contributed by atoms with Crippen LogP contribution >= 0.6 is 28.5 Å². The number of carbonyl (C=O) groups is 1. The van der Waals surface area contributed by atoms with E-state index >= 15 is 0 Å². The fourth-order valence-electron chi connectivity index (χ4n) is 8.46. The van der Waals surface area contributed by atoms with Crippen molar-refractivity contribution in [2.24, 2.45) is 0 Å². The van der Waals surface area contributed by atoms with E-state index in [9.17, 15) is 4.79 Å². The van der Waals surface area contributed by atoms with Crippen molar-refractivity contribution in [2.75, 3.05) is 5.88 Å². The van der Waals surface area contributed by atoms with E-state index in [-0.39, 0.29) is 5.91 Å². The van der Waals surface area contributed by atoms with Gasteiger partial charge in [-0.25, -0.2) is 0 Å². The number of allylic oxidation sites excluding steroid dienone is 7. The molecule has 54 heavy (non-hydrogen) atoms. The standard InChI is InChI=1S/C49H47NOP2S/c51-47(50-35-54)27-15-16-36-28-31-44-38(34-36)30-33-46(53(41-22-9-3-10-23-41)42-24-11-4-12-25-42)49(44)48-43-26-14-13-17-37(43)29-32-45(48)52(39-18-5-1-6-19-39)40-20-7-2-8-21-40/h1-13,17-25,29,32,34,54H,14-16,26-28,30-31,33,35H2,(H,50,51). The highest BCUT2D eigenvalue weighted by molar-refractivity contribution is 7.80. The Bertz CT molecular complexity index is 2150. The van der Waals surface area contributed by atoms with Gasteiger partial charge in [0.05, 0.1) is 5.88 Å². The van der Waals surface area contributed by atoms with Crippen molar-refractivity contribution in [3.63, 3.8) is 0 Å². The highest BCUT2D eigenvalue weighted by Crippen LogP contribution is 2.56. The van der Waals surface area contributed by atoms with Gasteiger partial charge in [0.25, 0.3) is 0 Å². The Kier molecular flexibility index (Phi) is 11.9. The summed E-state index contributed by atoms with van der Waals surface area (Å²) in [4.78, 5) is 12.3. The number of hydrogen-bond donors (Lipinski definition) is 2. The van der Waals surface area contributed by atoms with Crippen LogP contribution in [0.15, 0.2) is 168 Å². The lowest BCUT2D eigenvalue weighted by Gasteiger charge is -2.36. The average molecular weight is 760 g/mol. The molecule has 270 valence electrons. The normalized spacial score (nSPS) is 15.3. The first-order valence-electron chi connectivity index (χ1n) is 19.4. The first-order valence-corrected chi connectivity index (χ1v) is 22.7. The SMILES string of the molecule is O=C(CCCC1=CC2=C(CC1)C(c1c(P(c3ccccc3)c3ccccc3)ccc3c1CCC=C3)=C(P(c1ccccc1)c1ccccc1)CC2)NCS. The van der Waals surface area contributed by atoms with Crippen molar-refractivity contribution < 1.29 is 4.79 Å². The van der Waals surface area contributed by atoms with Crippen LogP contribution in [-0.2, 0) is 11.2 Å². The molecule has 0 saturated heterocycles. The van der Waals surface area contributed by atoms with Crippen molar-refractivity contribution in [3.05, 3.63) is 184 Å². The van der Waals surface area contributed by atoms with Crippen LogP contribution in [0.25, 0.3) is 11.6 Å². The number of carbonyl (C=O) groups excluding carboxylic acids is 1. The maximum Gasteiger partial charge on any atom is 0.220 e. The largest absolute Gasteiger partial charge is 0.347 e. The Morgan fingerprint density at radius 1 is 0.648 bits per heavy atom. The van der Waals surface area contributed by atoms with Gasteiger partial charge < -0.3 is 5.32 Å². The summed E-state index contributed by atoms with van der Waals surface area (Å²) in [5.74, 6) is 0.481. The van der Waals surface area contributed by atoms with E-state index in [0.29, 0.717) is 12.3 Å². The number of benzene rings is 5. The zero-order chi connectivity index (χ0) is 36.7. The summed E-state index contributed by atoms with van der Waals surface area (Å²) >= 11 is 4.18. The molecule has 5 heteroatoms. The Hall–Kier alpha value is -4.26. The van der Waals surface area contributed by atoms with E-state index in [1.54, 1.807) is 10.9 Å². The Balaban J connectivity index is 1.39. The fourth-order valence-corrected chi connectivity index (χ4v) is 13.8. The van der Waals surface area contributed by atoms with Gasteiger partial charge in [0.1, 0.15) is 0 Å². The first-order chi connectivity index (χ1) is 26.7. The van der Waals surface area contributed by atoms with Gasteiger partial charge in [-0.1, -0.05) is 157 Å². The summed E-state index contributed by atoms with van der Waals surface area (Å²) < 4.78 is 0. The zero-order valence-electron chi connectivity index (χ0n) is 30.8. The van der Waals surface area contributed by atoms with Crippen LogP contribution in [0.2, 0.25) is 0 Å². The molecule has 3 aliphatic carbocycles. The van der Waals surface area contributed by atoms with Gasteiger partial charge >= 0.3 is 0 Å². The zero-order valence-corrected chi connectivity index (χ0v) is 33.4. The molecule has 2 nitrogen and oxygen atoms in total. The molecule has 3 aliphatic rings. The highest BCUT2D eigenvalue weighted by Gasteiger charge is 2.34. The molecule has 0 atom stereocenters. The van der Waals surface area contributed by atoms with Crippen molar-refractivity contribution in [3.8, 4) is 0 Å². The third kappa shape index (κ3) is 7.92. The number of rotatable bonds is 12. The smallest absolute Gasteiger partial charge is 0.220 e. The summed E-state index contributed by atoms with van der Waals surface area (Å²) in [7, 11) is -1.62. The second-order valence-electron chi connectivity index (χ2n) is 14.2. The Labute approximate surface area is 329 Å². The van der Waals surface area contributed by atoms with Gasteiger partial charge in [-0.3, -0.25) is 4.79 Å². The summed E-state index contributed by atoms with van der Waals surface area (Å²) in [6, 6.07) is 50.0. The fraction of sp³-hybridized carbons (Fsp3) is 0.204. The molecular formula is C49H47NOP2S. The molecule has 0 unspecified atom stereocenters. The van der Waals surface area contributed by atoms with Crippen LogP contribution in [0.5, 0.6) is 0 Å². The molecule has 8 rings (SSSR count). The summed E-state index contributed by atoms with van der Waals surface area (Å²) in [5.41, 5.74) is 10.4. The third-order valence-corrected chi connectivity index (χ3v) is 16.1. The topological polar surface area (TPSA) is 29.1 Å². The van der Waals surface area contributed by atoms with Crippen molar-refractivity contribution in [1.29, 1.82) is 0 Å². The lowest BCUT2D eigenvalue weighted by molar-refractivity contribution is -0.120. The van der Waals surface area contributed by atoms with Gasteiger partial charge in [0.2, 0.25) is 5.91 Å². The Morgan fingerprint density at radius 2 is 1.24 bits per heavy atom. The lowest BCUT2D eigenvalue weighted by Crippen LogP contribution is -2.27. The Morgan fingerprint density at radius 3 is 1.83 bits per heavy atom. The number of hydrogen-bond acceptors (Lipinski definition) is 2. The number of nitrogens with one attached hydrogen (secondary N) is 1. The van der Waals surface area contributed by atoms with Gasteiger partial charge in [-0.05, 0) is 132 Å². The molecular weight excluding hydrogens is 713 g/mol. The first kappa shape index (κ1) is 36.7. The molecule has 0 spiro atoms. The molecule has 0 aliphatic heterocycles. The van der Waals surface area contributed by atoms with Gasteiger partial charge in [-0.2, -0.15) is 12.6 Å². The molecule has 0 radical (unpaired) electrons. The van der Waals surface area contributed by atoms with Crippen molar-refractivity contribution >= 4 is 72.6 Å². The van der Waals surface area contributed by atoms with Crippen LogP contribution in [0, 0.1) is 0 Å². The van der Waals surface area contributed by atoms with Crippen LogP contribution in [0.3, 0.4) is 0 Å². The maximum atomic E-state index is 12.3. The minimum Gasteiger partial charge on any atom is -0.347 e. The second-order valence-corrected chi connectivity index (χ2v) is 19.0. The predicted octanol–water partition coefficient (Wildman–Crippen LogP) is 10.2. The highest BCUT2D eigenvalue weighted by atomic mass is 32.1. The van der Waals surface area contributed by atoms with E-state index in [1.807, 2.05) is 0 Å². The van der Waals surface area contributed by atoms with Gasteiger partial charge in [0.15, 0.2) is 0 Å². The maximum absolute atomic E-state index is 12.3. The molecule has 1 N–H and O–H groups in total. The molecule has 0 heterocycles. The van der Waals surface area contributed by atoms with Crippen LogP contribution in [0.1, 0.15) is 68.1 Å². The molecule has 5 aromatic carbocycles. The van der Waals surface area contributed by atoms with E-state index in [0.717, 1.165) is 51.4 Å². The van der Waals surface area contributed by atoms with Crippen LogP contribution < -0.4 is 31.8 Å². The van der Waals surface area contributed by atoms with Crippen LogP contribution in [-0.4, -0.2) is 11.8 Å². The minimum absolute atomic E-state index is 0.0905. The van der Waals surface area contributed by atoms with Gasteiger partial charge in [0, 0.05) is 6.42 Å².